The standard InChI is InChI=1S/C15H20ClNO3/c1-19-14(11-4-2-6-13(16)8-11)9-17-15(18)12-5-3-7-20-10-12/h2,4,6,8,12,14H,3,5,7,9-10H2,1H3,(H,17,18)/t12-,14+/m0/s1. The third-order valence-corrected chi connectivity index (χ3v) is 3.73. The Hall–Kier alpha value is -1.10. The van der Waals surface area contributed by atoms with Gasteiger partial charge >= 0.3 is 0 Å². The van der Waals surface area contributed by atoms with Crippen molar-refractivity contribution in [2.24, 2.45) is 5.92 Å². The summed E-state index contributed by atoms with van der Waals surface area (Å²) in [6.07, 6.45) is 1.64. The summed E-state index contributed by atoms with van der Waals surface area (Å²) in [7, 11) is 1.63. The van der Waals surface area contributed by atoms with Crippen LogP contribution in [0, 0.1) is 5.92 Å². The zero-order valence-corrected chi connectivity index (χ0v) is 12.4. The third-order valence-electron chi connectivity index (χ3n) is 3.50. The molecular formula is C15H20ClNO3. The van der Waals surface area contributed by atoms with Crippen molar-refractivity contribution in [3.8, 4) is 0 Å². The maximum absolute atomic E-state index is 12.0. The first-order valence-corrected chi connectivity index (χ1v) is 7.22. The van der Waals surface area contributed by atoms with Gasteiger partial charge in [-0.1, -0.05) is 23.7 Å². The van der Waals surface area contributed by atoms with Gasteiger partial charge in [-0.05, 0) is 30.5 Å². The molecule has 0 aliphatic carbocycles. The molecule has 2 atom stereocenters. The average molecular weight is 298 g/mol. The normalized spacial score (nSPS) is 20.4. The molecule has 1 aliphatic heterocycles. The van der Waals surface area contributed by atoms with Crippen molar-refractivity contribution in [1.82, 2.24) is 5.32 Å². The number of hydrogen-bond donors (Lipinski definition) is 1. The minimum atomic E-state index is -0.192. The fraction of sp³-hybridized carbons (Fsp3) is 0.533. The van der Waals surface area contributed by atoms with Gasteiger partial charge < -0.3 is 14.8 Å². The minimum Gasteiger partial charge on any atom is -0.381 e. The maximum Gasteiger partial charge on any atom is 0.225 e. The Labute approximate surface area is 124 Å². The van der Waals surface area contributed by atoms with Gasteiger partial charge in [0.2, 0.25) is 5.91 Å². The number of nitrogens with one attached hydrogen (secondary N) is 1. The van der Waals surface area contributed by atoms with E-state index in [-0.39, 0.29) is 17.9 Å². The highest BCUT2D eigenvalue weighted by atomic mass is 35.5. The Morgan fingerprint density at radius 3 is 3.10 bits per heavy atom. The van der Waals surface area contributed by atoms with Crippen molar-refractivity contribution in [2.75, 3.05) is 26.9 Å². The van der Waals surface area contributed by atoms with Gasteiger partial charge in [0, 0.05) is 25.3 Å². The molecule has 0 aromatic heterocycles. The fourth-order valence-corrected chi connectivity index (χ4v) is 2.53. The van der Waals surface area contributed by atoms with E-state index in [0.29, 0.717) is 18.2 Å². The molecule has 1 aliphatic rings. The van der Waals surface area contributed by atoms with E-state index in [2.05, 4.69) is 5.32 Å². The van der Waals surface area contributed by atoms with Gasteiger partial charge in [-0.2, -0.15) is 0 Å². The molecule has 1 saturated heterocycles. The van der Waals surface area contributed by atoms with Crippen molar-refractivity contribution in [3.05, 3.63) is 34.9 Å². The molecule has 0 unspecified atom stereocenters. The molecule has 1 N–H and O–H groups in total. The van der Waals surface area contributed by atoms with Crippen LogP contribution in [0.3, 0.4) is 0 Å². The summed E-state index contributed by atoms with van der Waals surface area (Å²) in [6.45, 7) is 1.71. The largest absolute Gasteiger partial charge is 0.381 e. The number of amides is 1. The highest BCUT2D eigenvalue weighted by molar-refractivity contribution is 6.30. The smallest absolute Gasteiger partial charge is 0.225 e. The molecule has 0 radical (unpaired) electrons. The molecule has 1 aromatic rings. The summed E-state index contributed by atoms with van der Waals surface area (Å²) in [5.41, 5.74) is 0.959. The summed E-state index contributed by atoms with van der Waals surface area (Å²) in [5, 5.41) is 3.60. The lowest BCUT2D eigenvalue weighted by Gasteiger charge is -2.23. The van der Waals surface area contributed by atoms with E-state index in [1.54, 1.807) is 7.11 Å². The van der Waals surface area contributed by atoms with E-state index in [9.17, 15) is 4.79 Å². The van der Waals surface area contributed by atoms with Gasteiger partial charge in [0.05, 0.1) is 18.6 Å². The number of carbonyl (C=O) groups is 1. The SMILES string of the molecule is CO[C@H](CNC(=O)[C@H]1CCCOC1)c1cccc(Cl)c1. The van der Waals surface area contributed by atoms with Crippen LogP contribution in [-0.2, 0) is 14.3 Å². The van der Waals surface area contributed by atoms with E-state index in [1.807, 2.05) is 24.3 Å². The first kappa shape index (κ1) is 15.3. The number of rotatable bonds is 5. The second-order valence-corrected chi connectivity index (χ2v) is 5.38. The van der Waals surface area contributed by atoms with Crippen LogP contribution in [0.5, 0.6) is 0 Å². The third kappa shape index (κ3) is 4.20. The van der Waals surface area contributed by atoms with Crippen LogP contribution in [0.4, 0.5) is 0 Å². The zero-order valence-electron chi connectivity index (χ0n) is 11.6. The Bertz CT molecular complexity index is 446. The first-order valence-electron chi connectivity index (χ1n) is 6.84. The molecule has 1 aromatic carbocycles. The van der Waals surface area contributed by atoms with Gasteiger partial charge in [-0.25, -0.2) is 0 Å². The molecule has 110 valence electrons. The lowest BCUT2D eigenvalue weighted by atomic mass is 10.0. The van der Waals surface area contributed by atoms with Crippen LogP contribution in [0.1, 0.15) is 24.5 Å². The highest BCUT2D eigenvalue weighted by Gasteiger charge is 2.22. The summed E-state index contributed by atoms with van der Waals surface area (Å²) in [5.74, 6) is -0.00519. The van der Waals surface area contributed by atoms with Gasteiger partial charge in [-0.3, -0.25) is 4.79 Å². The molecule has 5 heteroatoms. The quantitative estimate of drug-likeness (QED) is 0.908. The number of carbonyl (C=O) groups excluding carboxylic acids is 1. The van der Waals surface area contributed by atoms with Gasteiger partial charge in [0.25, 0.3) is 0 Å². The molecule has 1 heterocycles. The Morgan fingerprint density at radius 2 is 2.45 bits per heavy atom. The summed E-state index contributed by atoms with van der Waals surface area (Å²) >= 11 is 5.97. The van der Waals surface area contributed by atoms with Crippen LogP contribution in [-0.4, -0.2) is 32.8 Å². The van der Waals surface area contributed by atoms with E-state index in [1.165, 1.54) is 0 Å². The van der Waals surface area contributed by atoms with E-state index in [0.717, 1.165) is 25.0 Å². The molecule has 2 rings (SSSR count). The second kappa shape index (κ2) is 7.62. The number of hydrogen-bond acceptors (Lipinski definition) is 3. The van der Waals surface area contributed by atoms with Crippen molar-refractivity contribution >= 4 is 17.5 Å². The molecule has 1 amide bonds. The monoisotopic (exact) mass is 297 g/mol. The summed E-state index contributed by atoms with van der Waals surface area (Å²) < 4.78 is 10.8. The maximum atomic E-state index is 12.0. The molecular weight excluding hydrogens is 278 g/mol. The number of benzene rings is 1. The Kier molecular flexibility index (Phi) is 5.83. The first-order chi connectivity index (χ1) is 9.70. The van der Waals surface area contributed by atoms with Crippen LogP contribution >= 0.6 is 11.6 Å². The van der Waals surface area contributed by atoms with Crippen molar-refractivity contribution in [1.29, 1.82) is 0 Å². The average Bonchev–Trinajstić information content (AvgIpc) is 2.48. The molecule has 0 bridgehead atoms. The predicted molar refractivity (Wildman–Crippen MR) is 77.8 cm³/mol. The number of methoxy groups -OCH3 is 1. The van der Waals surface area contributed by atoms with Crippen LogP contribution in [0.15, 0.2) is 24.3 Å². The fourth-order valence-electron chi connectivity index (χ4n) is 2.33. The lowest BCUT2D eigenvalue weighted by Crippen LogP contribution is -2.37. The Balaban J connectivity index is 1.88. The molecule has 0 spiro atoms. The van der Waals surface area contributed by atoms with E-state index >= 15 is 0 Å². The van der Waals surface area contributed by atoms with Gasteiger partial charge in [-0.15, -0.1) is 0 Å². The zero-order chi connectivity index (χ0) is 14.4. The highest BCUT2D eigenvalue weighted by Crippen LogP contribution is 2.20. The van der Waals surface area contributed by atoms with Crippen LogP contribution in [0.25, 0.3) is 0 Å². The molecule has 0 saturated carbocycles. The van der Waals surface area contributed by atoms with E-state index in [4.69, 9.17) is 21.1 Å². The topological polar surface area (TPSA) is 47.6 Å². The van der Waals surface area contributed by atoms with Gasteiger partial charge in [0.15, 0.2) is 0 Å². The summed E-state index contributed by atoms with van der Waals surface area (Å²) in [4.78, 5) is 12.0. The lowest BCUT2D eigenvalue weighted by molar-refractivity contribution is -0.129. The predicted octanol–water partition coefficient (Wildman–Crippen LogP) is 2.57. The minimum absolute atomic E-state index is 0.0359. The second-order valence-electron chi connectivity index (χ2n) is 4.94. The molecule has 4 nitrogen and oxygen atoms in total. The van der Waals surface area contributed by atoms with Gasteiger partial charge in [0.1, 0.15) is 0 Å². The number of halogens is 1. The molecule has 1 fully saturated rings. The number of ether oxygens (including phenoxy) is 2. The van der Waals surface area contributed by atoms with E-state index < -0.39 is 0 Å². The van der Waals surface area contributed by atoms with Crippen molar-refractivity contribution in [3.63, 3.8) is 0 Å². The van der Waals surface area contributed by atoms with Crippen molar-refractivity contribution < 1.29 is 14.3 Å². The van der Waals surface area contributed by atoms with Crippen molar-refractivity contribution in [2.45, 2.75) is 18.9 Å². The summed E-state index contributed by atoms with van der Waals surface area (Å²) in [6, 6.07) is 7.48. The van der Waals surface area contributed by atoms with Crippen LogP contribution < -0.4 is 5.32 Å². The molecule has 20 heavy (non-hydrogen) atoms. The van der Waals surface area contributed by atoms with Crippen LogP contribution in [0.2, 0.25) is 5.02 Å². The Morgan fingerprint density at radius 1 is 1.60 bits per heavy atom.